The number of rotatable bonds is 11. The van der Waals surface area contributed by atoms with Crippen LogP contribution in [0, 0.1) is 12.3 Å². The van der Waals surface area contributed by atoms with Crippen LogP contribution in [0.3, 0.4) is 0 Å². The molecule has 1 N–H and O–H groups in total. The van der Waals surface area contributed by atoms with Crippen molar-refractivity contribution in [3.63, 3.8) is 0 Å². The lowest BCUT2D eigenvalue weighted by atomic mass is 10.1. The Hall–Kier alpha value is -2.03. The van der Waals surface area contributed by atoms with Gasteiger partial charge in [0.25, 0.3) is 0 Å². The van der Waals surface area contributed by atoms with Gasteiger partial charge in [0.05, 0.1) is 13.2 Å². The monoisotopic (exact) mass is 319 g/mol. The first kappa shape index (κ1) is 19.0. The number of carbonyl (C=O) groups is 1. The van der Waals surface area contributed by atoms with Gasteiger partial charge in [0.15, 0.2) is 0 Å². The number of hydrogen-bond donors (Lipinski definition) is 1. The van der Waals surface area contributed by atoms with Crippen LogP contribution in [0.2, 0.25) is 0 Å². The van der Waals surface area contributed by atoms with Crippen molar-refractivity contribution in [2.75, 3.05) is 33.0 Å². The minimum absolute atomic E-state index is 0.115. The molecule has 1 unspecified atom stereocenters. The first-order chi connectivity index (χ1) is 11.2. The Balaban J connectivity index is 2.22. The zero-order valence-corrected chi connectivity index (χ0v) is 13.8. The molecule has 1 amide bonds. The quantitative estimate of drug-likeness (QED) is 0.499. The third-order valence-electron chi connectivity index (χ3n) is 3.13. The lowest BCUT2D eigenvalue weighted by molar-refractivity contribution is -0.132. The molecule has 0 aromatic heterocycles. The minimum atomic E-state index is -0.477. The third-order valence-corrected chi connectivity index (χ3v) is 3.13. The summed E-state index contributed by atoms with van der Waals surface area (Å²) in [6.07, 6.45) is 5.40. The van der Waals surface area contributed by atoms with E-state index in [1.165, 1.54) is 0 Å². The van der Waals surface area contributed by atoms with Gasteiger partial charge in [-0.15, -0.1) is 6.42 Å². The number of hydrogen-bond acceptors (Lipinski definition) is 4. The molecule has 5 heteroatoms. The van der Waals surface area contributed by atoms with Gasteiger partial charge in [0.2, 0.25) is 5.91 Å². The van der Waals surface area contributed by atoms with Crippen molar-refractivity contribution in [2.24, 2.45) is 0 Å². The number of benzene rings is 1. The molecule has 0 heterocycles. The van der Waals surface area contributed by atoms with E-state index in [1.54, 1.807) is 6.92 Å². The molecule has 0 aliphatic rings. The highest BCUT2D eigenvalue weighted by molar-refractivity contribution is 5.80. The van der Waals surface area contributed by atoms with E-state index in [0.29, 0.717) is 26.4 Å². The summed E-state index contributed by atoms with van der Waals surface area (Å²) in [7, 11) is 0. The third kappa shape index (κ3) is 8.24. The van der Waals surface area contributed by atoms with Gasteiger partial charge in [-0.05, 0) is 38.0 Å². The maximum absolute atomic E-state index is 11.9. The fraction of sp³-hybridized carbons (Fsp3) is 0.500. The molecule has 126 valence electrons. The van der Waals surface area contributed by atoms with Crippen LogP contribution in [0.15, 0.2) is 24.3 Å². The van der Waals surface area contributed by atoms with Gasteiger partial charge in [0.1, 0.15) is 18.5 Å². The number of terminal acetylenes is 1. The van der Waals surface area contributed by atoms with Crippen molar-refractivity contribution in [3.8, 4) is 18.1 Å². The minimum Gasteiger partial charge on any atom is -0.481 e. The maximum atomic E-state index is 11.9. The Labute approximate surface area is 138 Å². The van der Waals surface area contributed by atoms with Gasteiger partial charge in [-0.3, -0.25) is 4.79 Å². The van der Waals surface area contributed by atoms with Crippen molar-refractivity contribution in [1.82, 2.24) is 5.32 Å². The van der Waals surface area contributed by atoms with E-state index in [2.05, 4.69) is 11.2 Å². The van der Waals surface area contributed by atoms with E-state index < -0.39 is 6.10 Å². The van der Waals surface area contributed by atoms with E-state index in [-0.39, 0.29) is 12.5 Å². The summed E-state index contributed by atoms with van der Waals surface area (Å²) in [4.78, 5) is 11.9. The fourth-order valence-electron chi connectivity index (χ4n) is 1.85. The van der Waals surface area contributed by atoms with Crippen LogP contribution in [-0.4, -0.2) is 45.0 Å². The Morgan fingerprint density at radius 2 is 2.04 bits per heavy atom. The molecule has 5 nitrogen and oxygen atoms in total. The highest BCUT2D eigenvalue weighted by Gasteiger charge is 2.12. The highest BCUT2D eigenvalue weighted by Crippen LogP contribution is 2.12. The molecule has 1 aromatic rings. The molecule has 1 rings (SSSR count). The van der Waals surface area contributed by atoms with E-state index in [4.69, 9.17) is 20.6 Å². The van der Waals surface area contributed by atoms with Crippen molar-refractivity contribution in [2.45, 2.75) is 26.4 Å². The molecule has 0 fully saturated rings. The summed E-state index contributed by atoms with van der Waals surface area (Å²) in [5.41, 5.74) is 1.11. The lowest BCUT2D eigenvalue weighted by Gasteiger charge is -2.13. The van der Waals surface area contributed by atoms with Gasteiger partial charge in [-0.1, -0.05) is 18.1 Å². The van der Waals surface area contributed by atoms with Crippen LogP contribution in [0.1, 0.15) is 19.4 Å². The molecular weight excluding hydrogens is 294 g/mol. The Morgan fingerprint density at radius 1 is 1.30 bits per heavy atom. The second-order valence-electron chi connectivity index (χ2n) is 4.89. The van der Waals surface area contributed by atoms with Gasteiger partial charge in [-0.25, -0.2) is 0 Å². The van der Waals surface area contributed by atoms with Crippen LogP contribution in [-0.2, 0) is 20.7 Å². The van der Waals surface area contributed by atoms with E-state index in [1.807, 2.05) is 31.2 Å². The zero-order valence-electron chi connectivity index (χ0n) is 13.8. The summed E-state index contributed by atoms with van der Waals surface area (Å²) in [5, 5.41) is 2.86. The normalized spacial score (nSPS) is 11.5. The lowest BCUT2D eigenvalue weighted by Crippen LogP contribution is -2.36. The van der Waals surface area contributed by atoms with Gasteiger partial charge in [-0.2, -0.15) is 0 Å². The van der Waals surface area contributed by atoms with Crippen molar-refractivity contribution < 1.29 is 19.0 Å². The molecule has 0 aliphatic heterocycles. The predicted molar refractivity (Wildman–Crippen MR) is 89.4 cm³/mol. The molecule has 1 atom stereocenters. The smallest absolute Gasteiger partial charge is 0.248 e. The van der Waals surface area contributed by atoms with Gasteiger partial charge < -0.3 is 19.5 Å². The van der Waals surface area contributed by atoms with E-state index >= 15 is 0 Å². The molecule has 23 heavy (non-hydrogen) atoms. The molecule has 0 radical (unpaired) electrons. The molecule has 0 aliphatic carbocycles. The Morgan fingerprint density at radius 3 is 2.70 bits per heavy atom. The first-order valence-electron chi connectivity index (χ1n) is 7.79. The number of carbonyl (C=O) groups excluding carboxylic acids is 1. The van der Waals surface area contributed by atoms with Crippen LogP contribution < -0.4 is 10.1 Å². The number of nitrogens with one attached hydrogen (secondary N) is 1. The molecule has 0 spiro atoms. The maximum Gasteiger partial charge on any atom is 0.248 e. The summed E-state index contributed by atoms with van der Waals surface area (Å²) in [6.45, 7) is 6.04. The van der Waals surface area contributed by atoms with Crippen molar-refractivity contribution in [1.29, 1.82) is 0 Å². The Kier molecular flexibility index (Phi) is 9.53. The number of amides is 1. The molecule has 0 bridgehead atoms. The van der Waals surface area contributed by atoms with Gasteiger partial charge >= 0.3 is 0 Å². The largest absolute Gasteiger partial charge is 0.481 e. The second kappa shape index (κ2) is 11.5. The topological polar surface area (TPSA) is 56.8 Å². The average Bonchev–Trinajstić information content (AvgIpc) is 2.57. The molecule has 1 aromatic carbocycles. The average molecular weight is 319 g/mol. The predicted octanol–water partition coefficient (Wildman–Crippen LogP) is 1.80. The number of ether oxygens (including phenoxy) is 3. The van der Waals surface area contributed by atoms with Crippen molar-refractivity contribution >= 4 is 5.91 Å². The van der Waals surface area contributed by atoms with Crippen LogP contribution in [0.25, 0.3) is 0 Å². The van der Waals surface area contributed by atoms with E-state index in [0.717, 1.165) is 17.7 Å². The Bertz CT molecular complexity index is 493. The molecule has 0 saturated heterocycles. The fourth-order valence-corrected chi connectivity index (χ4v) is 1.85. The summed E-state index contributed by atoms with van der Waals surface area (Å²) in [6, 6.07) is 7.65. The highest BCUT2D eigenvalue weighted by atomic mass is 16.5. The zero-order chi connectivity index (χ0) is 16.9. The van der Waals surface area contributed by atoms with Crippen LogP contribution in [0.5, 0.6) is 5.75 Å². The first-order valence-corrected chi connectivity index (χ1v) is 7.79. The SMILES string of the molecule is C#CCOc1ccc(CCNC(=O)C(C)OCCOCC)cc1. The molecule has 0 saturated carbocycles. The second-order valence-corrected chi connectivity index (χ2v) is 4.89. The van der Waals surface area contributed by atoms with Crippen molar-refractivity contribution in [3.05, 3.63) is 29.8 Å². The van der Waals surface area contributed by atoms with E-state index in [9.17, 15) is 4.79 Å². The summed E-state index contributed by atoms with van der Waals surface area (Å²) in [5.74, 6) is 3.05. The van der Waals surface area contributed by atoms with Gasteiger partial charge in [0, 0.05) is 13.2 Å². The standard InChI is InChI=1S/C18H25NO4/c1-4-12-23-17-8-6-16(7-9-17)10-11-19-18(20)15(3)22-14-13-21-5-2/h1,6-9,15H,5,10-14H2,2-3H3,(H,19,20). The van der Waals surface area contributed by atoms with Crippen LogP contribution >= 0.6 is 0 Å². The summed E-state index contributed by atoms with van der Waals surface area (Å²) < 4.78 is 15.9. The van der Waals surface area contributed by atoms with Crippen LogP contribution in [0.4, 0.5) is 0 Å². The molecular formula is C18H25NO4. The summed E-state index contributed by atoms with van der Waals surface area (Å²) >= 11 is 0.